The number of hydrogen-bond acceptors (Lipinski definition) is 5. The highest BCUT2D eigenvalue weighted by Gasteiger charge is 2.22. The molecule has 1 aliphatic rings. The van der Waals surface area contributed by atoms with Crippen LogP contribution in [0.3, 0.4) is 0 Å². The quantitative estimate of drug-likeness (QED) is 0.630. The summed E-state index contributed by atoms with van der Waals surface area (Å²) in [6, 6.07) is 5.45. The Morgan fingerprint density at radius 3 is 2.48 bits per heavy atom. The van der Waals surface area contributed by atoms with Gasteiger partial charge in [-0.25, -0.2) is 0 Å². The predicted octanol–water partition coefficient (Wildman–Crippen LogP) is 1.35. The van der Waals surface area contributed by atoms with E-state index in [1.54, 1.807) is 12.1 Å². The molecule has 2 rings (SSSR count). The van der Waals surface area contributed by atoms with Gasteiger partial charge in [0.15, 0.2) is 0 Å². The lowest BCUT2D eigenvalue weighted by molar-refractivity contribution is -0.384. The van der Waals surface area contributed by atoms with Crippen LogP contribution in [0.25, 0.3) is 0 Å². The molecule has 7 heteroatoms. The van der Waals surface area contributed by atoms with E-state index in [2.05, 4.69) is 5.32 Å². The Morgan fingerprint density at radius 1 is 1.29 bits per heavy atom. The number of carbonyl (C=O) groups is 1. The number of rotatable bonds is 5. The van der Waals surface area contributed by atoms with Gasteiger partial charge in [-0.2, -0.15) is 0 Å². The van der Waals surface area contributed by atoms with Gasteiger partial charge in [0, 0.05) is 37.5 Å². The second-order valence-electron chi connectivity index (χ2n) is 5.18. The van der Waals surface area contributed by atoms with E-state index in [-0.39, 0.29) is 11.6 Å². The number of amides is 1. The van der Waals surface area contributed by atoms with Crippen molar-refractivity contribution in [2.75, 3.05) is 25.0 Å². The van der Waals surface area contributed by atoms with Crippen molar-refractivity contribution in [3.63, 3.8) is 0 Å². The molecule has 114 valence electrons. The Bertz CT molecular complexity index is 497. The summed E-state index contributed by atoms with van der Waals surface area (Å²) in [4.78, 5) is 24.1. The van der Waals surface area contributed by atoms with Crippen LogP contribution in [-0.4, -0.2) is 41.4 Å². The minimum Gasteiger partial charge on any atom is -0.383 e. The summed E-state index contributed by atoms with van der Waals surface area (Å²) in [6.07, 6.45) is 3.24. The highest BCUT2D eigenvalue weighted by atomic mass is 16.6. The predicted molar refractivity (Wildman–Crippen MR) is 80.0 cm³/mol. The van der Waals surface area contributed by atoms with E-state index in [4.69, 9.17) is 5.73 Å². The zero-order chi connectivity index (χ0) is 15.2. The molecule has 1 amide bonds. The Labute approximate surface area is 123 Å². The normalized spacial score (nSPS) is 16.3. The van der Waals surface area contributed by atoms with E-state index < -0.39 is 11.0 Å². The minimum atomic E-state index is -0.599. The molecular formula is C14H20N4O3. The van der Waals surface area contributed by atoms with Crippen LogP contribution in [0.1, 0.15) is 19.3 Å². The number of nitrogens with two attached hydrogens (primary N) is 1. The van der Waals surface area contributed by atoms with Gasteiger partial charge in [0.25, 0.3) is 5.69 Å². The summed E-state index contributed by atoms with van der Waals surface area (Å²) in [5, 5.41) is 13.6. The molecule has 21 heavy (non-hydrogen) atoms. The first-order valence-corrected chi connectivity index (χ1v) is 7.10. The number of non-ortho nitro benzene ring substituents is 1. The number of benzene rings is 1. The van der Waals surface area contributed by atoms with Crippen molar-refractivity contribution < 1.29 is 9.72 Å². The molecule has 0 spiro atoms. The molecule has 0 aliphatic carbocycles. The van der Waals surface area contributed by atoms with Crippen LogP contribution in [-0.2, 0) is 4.79 Å². The number of carbonyl (C=O) groups excluding carboxylic acids is 1. The monoisotopic (exact) mass is 292 g/mol. The van der Waals surface area contributed by atoms with E-state index in [0.29, 0.717) is 12.2 Å². The molecule has 1 aromatic carbocycles. The highest BCUT2D eigenvalue weighted by molar-refractivity contribution is 5.82. The molecule has 0 aromatic heterocycles. The second kappa shape index (κ2) is 7.03. The van der Waals surface area contributed by atoms with E-state index in [1.165, 1.54) is 18.6 Å². The summed E-state index contributed by atoms with van der Waals surface area (Å²) < 4.78 is 0. The number of nitro benzene ring substituents is 1. The SMILES string of the molecule is NC(CNc1ccc([N+](=O)[O-])cc1)C(=O)N1CCCCC1. The molecule has 1 heterocycles. The maximum absolute atomic E-state index is 12.1. The van der Waals surface area contributed by atoms with Crippen LogP contribution in [0.4, 0.5) is 11.4 Å². The van der Waals surface area contributed by atoms with Crippen molar-refractivity contribution >= 4 is 17.3 Å². The standard InChI is InChI=1S/C14H20N4O3/c15-13(14(19)17-8-2-1-3-9-17)10-16-11-4-6-12(7-5-11)18(20)21/h4-7,13,16H,1-3,8-10,15H2. The lowest BCUT2D eigenvalue weighted by Gasteiger charge is -2.29. The third-order valence-corrected chi connectivity index (χ3v) is 3.59. The van der Waals surface area contributed by atoms with Crippen molar-refractivity contribution in [1.29, 1.82) is 0 Å². The molecule has 1 saturated heterocycles. The molecule has 1 fully saturated rings. The van der Waals surface area contributed by atoms with E-state index in [0.717, 1.165) is 25.9 Å². The number of nitro groups is 1. The van der Waals surface area contributed by atoms with Gasteiger partial charge >= 0.3 is 0 Å². The molecule has 1 unspecified atom stereocenters. The number of likely N-dealkylation sites (tertiary alicyclic amines) is 1. The average molecular weight is 292 g/mol. The zero-order valence-corrected chi connectivity index (χ0v) is 11.8. The van der Waals surface area contributed by atoms with Gasteiger partial charge in [-0.05, 0) is 31.4 Å². The van der Waals surface area contributed by atoms with Gasteiger partial charge in [-0.3, -0.25) is 14.9 Å². The number of nitrogens with one attached hydrogen (secondary N) is 1. The maximum atomic E-state index is 12.1. The van der Waals surface area contributed by atoms with Crippen LogP contribution in [0.2, 0.25) is 0 Å². The Hall–Kier alpha value is -2.15. The first kappa shape index (κ1) is 15.2. The zero-order valence-electron chi connectivity index (χ0n) is 11.8. The van der Waals surface area contributed by atoms with Crippen molar-refractivity contribution in [3.05, 3.63) is 34.4 Å². The molecule has 0 saturated carbocycles. The number of nitrogens with zero attached hydrogens (tertiary/aromatic N) is 2. The molecular weight excluding hydrogens is 272 g/mol. The Morgan fingerprint density at radius 2 is 1.90 bits per heavy atom. The highest BCUT2D eigenvalue weighted by Crippen LogP contribution is 2.15. The Balaban J connectivity index is 1.83. The van der Waals surface area contributed by atoms with Crippen LogP contribution in [0, 0.1) is 10.1 Å². The fraction of sp³-hybridized carbons (Fsp3) is 0.500. The van der Waals surface area contributed by atoms with Crippen molar-refractivity contribution in [2.24, 2.45) is 5.73 Å². The molecule has 3 N–H and O–H groups in total. The fourth-order valence-corrected chi connectivity index (χ4v) is 2.36. The molecule has 1 aliphatic heterocycles. The smallest absolute Gasteiger partial charge is 0.269 e. The van der Waals surface area contributed by atoms with Crippen LogP contribution < -0.4 is 11.1 Å². The van der Waals surface area contributed by atoms with E-state index in [1.807, 2.05) is 4.90 Å². The van der Waals surface area contributed by atoms with Gasteiger partial charge in [0.1, 0.15) is 6.04 Å². The van der Waals surface area contributed by atoms with Crippen LogP contribution in [0.15, 0.2) is 24.3 Å². The summed E-state index contributed by atoms with van der Waals surface area (Å²) in [5.74, 6) is -0.0379. The van der Waals surface area contributed by atoms with Crippen LogP contribution in [0.5, 0.6) is 0 Å². The maximum Gasteiger partial charge on any atom is 0.269 e. The van der Waals surface area contributed by atoms with Crippen LogP contribution >= 0.6 is 0 Å². The second-order valence-corrected chi connectivity index (χ2v) is 5.18. The van der Waals surface area contributed by atoms with Gasteiger partial charge in [0.2, 0.25) is 5.91 Å². The van der Waals surface area contributed by atoms with Crippen molar-refractivity contribution in [3.8, 4) is 0 Å². The molecule has 1 aromatic rings. The Kier molecular flexibility index (Phi) is 5.10. The van der Waals surface area contributed by atoms with Crippen molar-refractivity contribution in [1.82, 2.24) is 4.90 Å². The number of piperidine rings is 1. The summed E-state index contributed by atoms with van der Waals surface area (Å²) in [6.45, 7) is 1.88. The number of anilines is 1. The number of hydrogen-bond donors (Lipinski definition) is 2. The van der Waals surface area contributed by atoms with E-state index in [9.17, 15) is 14.9 Å². The van der Waals surface area contributed by atoms with Crippen molar-refractivity contribution in [2.45, 2.75) is 25.3 Å². The molecule has 0 radical (unpaired) electrons. The lowest BCUT2D eigenvalue weighted by atomic mass is 10.1. The average Bonchev–Trinajstić information content (AvgIpc) is 2.53. The summed E-state index contributed by atoms with van der Waals surface area (Å²) in [7, 11) is 0. The molecule has 7 nitrogen and oxygen atoms in total. The third kappa shape index (κ3) is 4.16. The first-order chi connectivity index (χ1) is 10.1. The first-order valence-electron chi connectivity index (χ1n) is 7.10. The molecule has 1 atom stereocenters. The van der Waals surface area contributed by atoms with Gasteiger partial charge in [-0.1, -0.05) is 0 Å². The lowest BCUT2D eigenvalue weighted by Crippen LogP contribution is -2.48. The minimum absolute atomic E-state index is 0.0363. The molecule has 0 bridgehead atoms. The largest absolute Gasteiger partial charge is 0.383 e. The topological polar surface area (TPSA) is 101 Å². The fourth-order valence-electron chi connectivity index (χ4n) is 2.36. The third-order valence-electron chi connectivity index (χ3n) is 3.59. The van der Waals surface area contributed by atoms with E-state index >= 15 is 0 Å². The summed E-state index contributed by atoms with van der Waals surface area (Å²) >= 11 is 0. The van der Waals surface area contributed by atoms with Gasteiger partial charge < -0.3 is 16.0 Å². The summed E-state index contributed by atoms with van der Waals surface area (Å²) in [5.41, 5.74) is 6.66. The van der Waals surface area contributed by atoms with Gasteiger partial charge in [-0.15, -0.1) is 0 Å². The van der Waals surface area contributed by atoms with Gasteiger partial charge in [0.05, 0.1) is 4.92 Å².